The zero-order valence-electron chi connectivity index (χ0n) is 18.0. The highest BCUT2D eigenvalue weighted by Gasteiger charge is 2.17. The van der Waals surface area contributed by atoms with Crippen molar-refractivity contribution in [2.75, 3.05) is 0 Å². The molecule has 2 aromatic heterocycles. The normalized spacial score (nSPS) is 11.6. The predicted octanol–water partition coefficient (Wildman–Crippen LogP) is 7.99. The molecule has 0 aliphatic carbocycles. The number of aromatic nitrogens is 2. The monoisotopic (exact) mass is 532 g/mol. The second kappa shape index (κ2) is 9.00. The summed E-state index contributed by atoms with van der Waals surface area (Å²) in [4.78, 5) is 20.8. The van der Waals surface area contributed by atoms with Gasteiger partial charge in [0.25, 0.3) is 5.91 Å². The number of benzene rings is 3. The van der Waals surface area contributed by atoms with Gasteiger partial charge in [-0.05, 0) is 36.2 Å². The van der Waals surface area contributed by atoms with E-state index in [0.29, 0.717) is 38.1 Å². The van der Waals surface area contributed by atoms with Crippen molar-refractivity contribution in [2.24, 2.45) is 10.2 Å². The molecule has 34 heavy (non-hydrogen) atoms. The molecular formula is C26H18BrClN4O2. The van der Waals surface area contributed by atoms with Gasteiger partial charge in [-0.3, -0.25) is 4.79 Å². The minimum Gasteiger partial charge on any atom is -0.493 e. The van der Waals surface area contributed by atoms with Gasteiger partial charge in [0, 0.05) is 20.8 Å². The number of carbonyl (C=O) groups excluding carboxylic acids is 1. The summed E-state index contributed by atoms with van der Waals surface area (Å²) in [5, 5.41) is 20.0. The van der Waals surface area contributed by atoms with Crippen LogP contribution in [0.3, 0.4) is 0 Å². The first kappa shape index (κ1) is 22.3. The molecule has 5 aromatic rings. The predicted molar refractivity (Wildman–Crippen MR) is 138 cm³/mol. The molecule has 1 amide bonds. The number of nitrogens with zero attached hydrogens (tertiary/aromatic N) is 3. The van der Waals surface area contributed by atoms with E-state index in [-0.39, 0.29) is 11.6 Å². The summed E-state index contributed by atoms with van der Waals surface area (Å²) in [6.07, 6.45) is 0.929. The smallest absolute Gasteiger partial charge is 0.296 e. The van der Waals surface area contributed by atoms with Crippen LogP contribution in [0.2, 0.25) is 5.02 Å². The molecule has 3 aromatic carbocycles. The maximum atomic E-state index is 13.2. The molecule has 2 N–H and O–H groups in total. The van der Waals surface area contributed by atoms with Gasteiger partial charge in [0.15, 0.2) is 5.69 Å². The number of H-pyrrole nitrogens is 1. The second-order valence-corrected chi connectivity index (χ2v) is 8.99. The average molecular weight is 534 g/mol. The summed E-state index contributed by atoms with van der Waals surface area (Å²) in [5.74, 6) is -0.736. The van der Waals surface area contributed by atoms with Crippen molar-refractivity contribution in [1.29, 1.82) is 0 Å². The van der Waals surface area contributed by atoms with Gasteiger partial charge in [-0.1, -0.05) is 76.9 Å². The van der Waals surface area contributed by atoms with Crippen LogP contribution in [0.25, 0.3) is 33.1 Å². The molecule has 0 aliphatic heterocycles. The quantitative estimate of drug-likeness (QED) is 0.229. The zero-order valence-corrected chi connectivity index (χ0v) is 20.4. The van der Waals surface area contributed by atoms with Crippen molar-refractivity contribution >= 4 is 60.9 Å². The number of aromatic amines is 1. The van der Waals surface area contributed by atoms with Gasteiger partial charge in [0.2, 0.25) is 5.88 Å². The molecule has 0 aliphatic rings. The third-order valence-electron chi connectivity index (χ3n) is 5.65. The van der Waals surface area contributed by atoms with Crippen LogP contribution in [0, 0.1) is 0 Å². The molecule has 168 valence electrons. The minimum absolute atomic E-state index is 0.169. The van der Waals surface area contributed by atoms with Crippen molar-refractivity contribution in [3.05, 3.63) is 87.4 Å². The van der Waals surface area contributed by atoms with Crippen LogP contribution in [0.4, 0.5) is 5.69 Å². The molecule has 0 atom stereocenters. The Balaban J connectivity index is 1.62. The number of aryl methyl sites for hydroxylation is 1. The zero-order chi connectivity index (χ0) is 23.8. The number of rotatable bonds is 4. The SMILES string of the molecule is CCc1ccc(-c2cc(C(=O)N=Nc3c(O)[nH]c4cccc(Br)c34)c3cccc(Cl)c3n2)cc1. The number of aromatic hydroxyl groups is 1. The van der Waals surface area contributed by atoms with Crippen molar-refractivity contribution in [1.82, 2.24) is 9.97 Å². The van der Waals surface area contributed by atoms with Crippen molar-refractivity contribution < 1.29 is 9.90 Å². The van der Waals surface area contributed by atoms with Crippen LogP contribution in [-0.2, 0) is 6.42 Å². The largest absolute Gasteiger partial charge is 0.493 e. The van der Waals surface area contributed by atoms with Crippen LogP contribution < -0.4 is 0 Å². The van der Waals surface area contributed by atoms with E-state index in [9.17, 15) is 9.90 Å². The van der Waals surface area contributed by atoms with Gasteiger partial charge in [0.1, 0.15) is 0 Å². The van der Waals surface area contributed by atoms with Gasteiger partial charge in [-0.15, -0.1) is 10.2 Å². The first-order valence-electron chi connectivity index (χ1n) is 10.6. The highest BCUT2D eigenvalue weighted by Crippen LogP contribution is 2.40. The fraction of sp³-hybridized carbons (Fsp3) is 0.0769. The lowest BCUT2D eigenvalue weighted by molar-refractivity contribution is 0.0996. The molecule has 5 rings (SSSR count). The van der Waals surface area contributed by atoms with E-state index in [0.717, 1.165) is 16.5 Å². The Kier molecular flexibility index (Phi) is 5.89. The number of hydrogen-bond acceptors (Lipinski definition) is 4. The van der Waals surface area contributed by atoms with Gasteiger partial charge >= 0.3 is 0 Å². The Bertz CT molecular complexity index is 1590. The molecule has 0 fully saturated rings. The maximum Gasteiger partial charge on any atom is 0.296 e. The van der Waals surface area contributed by atoms with E-state index >= 15 is 0 Å². The van der Waals surface area contributed by atoms with Gasteiger partial charge in [-0.2, -0.15) is 0 Å². The van der Waals surface area contributed by atoms with Crippen molar-refractivity contribution in [3.63, 3.8) is 0 Å². The topological polar surface area (TPSA) is 90.7 Å². The first-order chi connectivity index (χ1) is 16.5. The number of fused-ring (bicyclic) bond motifs is 2. The summed E-state index contributed by atoms with van der Waals surface area (Å²) < 4.78 is 0.724. The second-order valence-electron chi connectivity index (χ2n) is 7.73. The Morgan fingerprint density at radius 3 is 2.65 bits per heavy atom. The van der Waals surface area contributed by atoms with Crippen LogP contribution in [-0.4, -0.2) is 21.0 Å². The highest BCUT2D eigenvalue weighted by molar-refractivity contribution is 9.10. The Morgan fingerprint density at radius 2 is 1.88 bits per heavy atom. The van der Waals surface area contributed by atoms with Crippen LogP contribution in [0.1, 0.15) is 22.8 Å². The third kappa shape index (κ3) is 3.97. The number of nitrogens with one attached hydrogen (secondary N) is 1. The fourth-order valence-corrected chi connectivity index (χ4v) is 4.64. The van der Waals surface area contributed by atoms with Crippen LogP contribution in [0.15, 0.2) is 81.4 Å². The van der Waals surface area contributed by atoms with Crippen molar-refractivity contribution in [3.8, 4) is 17.1 Å². The lowest BCUT2D eigenvalue weighted by atomic mass is 10.0. The van der Waals surface area contributed by atoms with Gasteiger partial charge in [0.05, 0.1) is 27.3 Å². The van der Waals surface area contributed by atoms with Gasteiger partial charge in [-0.25, -0.2) is 4.98 Å². The number of amides is 1. The fourth-order valence-electron chi connectivity index (χ4n) is 3.87. The molecule has 6 nitrogen and oxygen atoms in total. The molecule has 8 heteroatoms. The summed E-state index contributed by atoms with van der Waals surface area (Å²) in [6, 6.07) is 20.4. The number of pyridine rings is 1. The van der Waals surface area contributed by atoms with Gasteiger partial charge < -0.3 is 10.1 Å². The average Bonchev–Trinajstić information content (AvgIpc) is 3.18. The molecule has 0 unspecified atom stereocenters. The maximum absolute atomic E-state index is 13.2. The molecule has 2 heterocycles. The lowest BCUT2D eigenvalue weighted by Crippen LogP contribution is -1.99. The number of azo groups is 1. The number of hydrogen-bond donors (Lipinski definition) is 2. The Hall–Kier alpha value is -3.55. The first-order valence-corrected chi connectivity index (χ1v) is 11.8. The molecule has 0 radical (unpaired) electrons. The van der Waals surface area contributed by atoms with Crippen molar-refractivity contribution in [2.45, 2.75) is 13.3 Å². The molecular weight excluding hydrogens is 516 g/mol. The van der Waals surface area contributed by atoms with E-state index in [2.05, 4.69) is 38.1 Å². The van der Waals surface area contributed by atoms with Crippen LogP contribution in [0.5, 0.6) is 5.88 Å². The van der Waals surface area contributed by atoms with E-state index < -0.39 is 5.91 Å². The summed E-state index contributed by atoms with van der Waals surface area (Å²) in [5.41, 5.74) is 4.37. The number of para-hydroxylation sites is 1. The minimum atomic E-state index is -0.568. The lowest BCUT2D eigenvalue weighted by Gasteiger charge is -2.09. The molecule has 0 saturated heterocycles. The van der Waals surface area contributed by atoms with E-state index in [4.69, 9.17) is 16.6 Å². The molecule has 0 saturated carbocycles. The Labute approximate surface area is 208 Å². The van der Waals surface area contributed by atoms with Crippen LogP contribution >= 0.6 is 27.5 Å². The number of halogens is 2. The summed E-state index contributed by atoms with van der Waals surface area (Å²) >= 11 is 9.89. The van der Waals surface area contributed by atoms with E-state index in [1.54, 1.807) is 30.3 Å². The highest BCUT2D eigenvalue weighted by atomic mass is 79.9. The molecule has 0 bridgehead atoms. The third-order valence-corrected chi connectivity index (χ3v) is 6.61. The van der Waals surface area contributed by atoms with E-state index in [1.165, 1.54) is 5.56 Å². The summed E-state index contributed by atoms with van der Waals surface area (Å²) in [7, 11) is 0. The summed E-state index contributed by atoms with van der Waals surface area (Å²) in [6.45, 7) is 2.09. The molecule has 0 spiro atoms. The van der Waals surface area contributed by atoms with E-state index in [1.807, 2.05) is 36.4 Å². The Morgan fingerprint density at radius 1 is 1.12 bits per heavy atom. The standard InChI is InChI=1S/C26H18BrClN4O2/c1-2-14-9-11-15(12-10-14)21-13-17(16-5-3-7-19(28)23(16)29-21)25(33)32-31-24-22-18(27)6-4-8-20(22)30-26(24)34/h3-13,30,34H,2H2,1H3. The number of carbonyl (C=O) groups is 1.